The van der Waals surface area contributed by atoms with Gasteiger partial charge in [0.1, 0.15) is 0 Å². The van der Waals surface area contributed by atoms with Crippen LogP contribution in [0.3, 0.4) is 0 Å². The summed E-state index contributed by atoms with van der Waals surface area (Å²) in [6.45, 7) is 7.54. The summed E-state index contributed by atoms with van der Waals surface area (Å²) < 4.78 is 6.24. The van der Waals surface area contributed by atoms with E-state index >= 15 is 0 Å². The van der Waals surface area contributed by atoms with Crippen molar-refractivity contribution < 1.29 is 4.74 Å². The molecule has 0 aromatic carbocycles. The van der Waals surface area contributed by atoms with E-state index in [1.165, 1.54) is 0 Å². The van der Waals surface area contributed by atoms with Crippen molar-refractivity contribution in [2.45, 2.75) is 31.9 Å². The number of rotatable bonds is 3. The standard InChI is InChI=1S/C19H25N5O/c1-16-4-2-5-17(22-16)14-23-10-6-19(7-11-23)15-24(12-13-25-19)18-20-8-3-9-21-18/h2-5,8-9H,6-7,10-15H2,1H3. The minimum absolute atomic E-state index is 0.0615. The maximum absolute atomic E-state index is 6.24. The van der Waals surface area contributed by atoms with Gasteiger partial charge in [-0.15, -0.1) is 0 Å². The van der Waals surface area contributed by atoms with Crippen LogP contribution in [0.2, 0.25) is 0 Å². The van der Waals surface area contributed by atoms with Crippen molar-refractivity contribution in [3.8, 4) is 0 Å². The van der Waals surface area contributed by atoms with Gasteiger partial charge in [0.05, 0.1) is 24.4 Å². The molecular formula is C19H25N5O. The van der Waals surface area contributed by atoms with Crippen LogP contribution in [0.25, 0.3) is 0 Å². The Labute approximate surface area is 148 Å². The fraction of sp³-hybridized carbons (Fsp3) is 0.526. The summed E-state index contributed by atoms with van der Waals surface area (Å²) in [7, 11) is 0. The molecule has 2 aliphatic rings. The molecule has 0 radical (unpaired) electrons. The minimum Gasteiger partial charge on any atom is -0.371 e. The molecule has 6 heteroatoms. The van der Waals surface area contributed by atoms with Crippen molar-refractivity contribution in [3.63, 3.8) is 0 Å². The fourth-order valence-electron chi connectivity index (χ4n) is 3.81. The summed E-state index contributed by atoms with van der Waals surface area (Å²) in [6.07, 6.45) is 5.70. The number of pyridine rings is 1. The van der Waals surface area contributed by atoms with E-state index < -0.39 is 0 Å². The first-order valence-corrected chi connectivity index (χ1v) is 9.03. The van der Waals surface area contributed by atoms with Gasteiger partial charge in [-0.1, -0.05) is 6.07 Å². The SMILES string of the molecule is Cc1cccc(CN2CCC3(CC2)CN(c2ncccn2)CCO3)n1. The number of likely N-dealkylation sites (tertiary alicyclic amines) is 1. The zero-order valence-corrected chi connectivity index (χ0v) is 14.8. The highest BCUT2D eigenvalue weighted by Gasteiger charge is 2.40. The van der Waals surface area contributed by atoms with Crippen LogP contribution in [-0.2, 0) is 11.3 Å². The molecule has 2 aliphatic heterocycles. The van der Waals surface area contributed by atoms with Crippen LogP contribution in [-0.4, -0.2) is 58.2 Å². The summed E-state index contributed by atoms with van der Waals surface area (Å²) in [5.41, 5.74) is 2.17. The molecule has 2 saturated heterocycles. The third-order valence-electron chi connectivity index (χ3n) is 5.18. The molecule has 4 heterocycles. The average Bonchev–Trinajstić information content (AvgIpc) is 2.65. The second-order valence-corrected chi connectivity index (χ2v) is 7.05. The largest absolute Gasteiger partial charge is 0.371 e. The number of anilines is 1. The molecule has 0 amide bonds. The molecule has 0 atom stereocenters. The maximum Gasteiger partial charge on any atom is 0.225 e. The third kappa shape index (κ3) is 3.80. The molecule has 0 aliphatic carbocycles. The van der Waals surface area contributed by atoms with Crippen LogP contribution in [0.5, 0.6) is 0 Å². The van der Waals surface area contributed by atoms with Crippen molar-refractivity contribution in [1.82, 2.24) is 19.9 Å². The number of morpholine rings is 1. The Bertz CT molecular complexity index is 700. The first-order chi connectivity index (χ1) is 12.2. The lowest BCUT2D eigenvalue weighted by Gasteiger charge is -2.47. The van der Waals surface area contributed by atoms with E-state index in [4.69, 9.17) is 4.74 Å². The summed E-state index contributed by atoms with van der Waals surface area (Å²) in [4.78, 5) is 18.2. The Hall–Kier alpha value is -2.05. The molecule has 0 bridgehead atoms. The Kier molecular flexibility index (Phi) is 4.63. The van der Waals surface area contributed by atoms with Crippen molar-refractivity contribution >= 4 is 5.95 Å². The van der Waals surface area contributed by atoms with E-state index in [0.29, 0.717) is 0 Å². The van der Waals surface area contributed by atoms with Crippen LogP contribution < -0.4 is 4.90 Å². The molecule has 2 fully saturated rings. The number of aryl methyl sites for hydroxylation is 1. The van der Waals surface area contributed by atoms with Crippen LogP contribution in [0.1, 0.15) is 24.2 Å². The van der Waals surface area contributed by atoms with Gasteiger partial charge < -0.3 is 9.64 Å². The van der Waals surface area contributed by atoms with Crippen molar-refractivity contribution in [2.24, 2.45) is 0 Å². The predicted molar refractivity (Wildman–Crippen MR) is 96.4 cm³/mol. The lowest BCUT2D eigenvalue weighted by Crippen LogP contribution is -2.57. The van der Waals surface area contributed by atoms with Crippen molar-refractivity contribution in [1.29, 1.82) is 0 Å². The minimum atomic E-state index is -0.0615. The number of piperidine rings is 1. The Morgan fingerprint density at radius 3 is 2.64 bits per heavy atom. The second-order valence-electron chi connectivity index (χ2n) is 7.05. The topological polar surface area (TPSA) is 54.4 Å². The second kappa shape index (κ2) is 7.06. The van der Waals surface area contributed by atoms with E-state index in [0.717, 1.165) is 69.5 Å². The summed E-state index contributed by atoms with van der Waals surface area (Å²) >= 11 is 0. The van der Waals surface area contributed by atoms with Crippen LogP contribution in [0.4, 0.5) is 5.95 Å². The molecule has 1 spiro atoms. The smallest absolute Gasteiger partial charge is 0.225 e. The van der Waals surface area contributed by atoms with Gasteiger partial charge >= 0.3 is 0 Å². The summed E-state index contributed by atoms with van der Waals surface area (Å²) in [5.74, 6) is 0.816. The predicted octanol–water partition coefficient (Wildman–Crippen LogP) is 2.05. The van der Waals surface area contributed by atoms with Crippen LogP contribution in [0, 0.1) is 6.92 Å². The van der Waals surface area contributed by atoms with E-state index in [-0.39, 0.29) is 5.60 Å². The number of hydrogen-bond acceptors (Lipinski definition) is 6. The zero-order valence-electron chi connectivity index (χ0n) is 14.8. The van der Waals surface area contributed by atoms with Gasteiger partial charge in [-0.2, -0.15) is 0 Å². The van der Waals surface area contributed by atoms with Gasteiger partial charge in [-0.25, -0.2) is 9.97 Å². The number of aromatic nitrogens is 3. The van der Waals surface area contributed by atoms with E-state index in [2.05, 4.69) is 36.9 Å². The van der Waals surface area contributed by atoms with Gasteiger partial charge in [0.15, 0.2) is 0 Å². The molecule has 132 valence electrons. The highest BCUT2D eigenvalue weighted by molar-refractivity contribution is 5.30. The van der Waals surface area contributed by atoms with Gasteiger partial charge in [-0.05, 0) is 38.0 Å². The molecule has 0 N–H and O–H groups in total. The normalized spacial score (nSPS) is 20.8. The van der Waals surface area contributed by atoms with E-state index in [9.17, 15) is 0 Å². The maximum atomic E-state index is 6.24. The van der Waals surface area contributed by atoms with Gasteiger partial charge in [0, 0.05) is 44.3 Å². The van der Waals surface area contributed by atoms with E-state index in [1.807, 2.05) is 31.5 Å². The molecule has 0 saturated carbocycles. The van der Waals surface area contributed by atoms with Crippen LogP contribution >= 0.6 is 0 Å². The lowest BCUT2D eigenvalue weighted by molar-refractivity contribution is -0.0925. The van der Waals surface area contributed by atoms with Crippen molar-refractivity contribution in [2.75, 3.05) is 37.7 Å². The number of hydrogen-bond donors (Lipinski definition) is 0. The molecule has 4 rings (SSSR count). The molecular weight excluding hydrogens is 314 g/mol. The molecule has 2 aromatic heterocycles. The van der Waals surface area contributed by atoms with Crippen LogP contribution in [0.15, 0.2) is 36.7 Å². The lowest BCUT2D eigenvalue weighted by atomic mass is 9.89. The molecule has 6 nitrogen and oxygen atoms in total. The Balaban J connectivity index is 1.37. The van der Waals surface area contributed by atoms with Crippen molar-refractivity contribution in [3.05, 3.63) is 48.0 Å². The highest BCUT2D eigenvalue weighted by atomic mass is 16.5. The quantitative estimate of drug-likeness (QED) is 0.853. The van der Waals surface area contributed by atoms with Gasteiger partial charge in [0.25, 0.3) is 0 Å². The monoisotopic (exact) mass is 339 g/mol. The first kappa shape index (κ1) is 16.4. The summed E-state index contributed by atoms with van der Waals surface area (Å²) in [5, 5.41) is 0. The van der Waals surface area contributed by atoms with Gasteiger partial charge in [0.2, 0.25) is 5.95 Å². The third-order valence-corrected chi connectivity index (χ3v) is 5.18. The Morgan fingerprint density at radius 2 is 1.88 bits per heavy atom. The number of ether oxygens (including phenoxy) is 1. The Morgan fingerprint density at radius 1 is 1.08 bits per heavy atom. The molecule has 0 unspecified atom stereocenters. The number of nitrogens with zero attached hydrogens (tertiary/aromatic N) is 5. The first-order valence-electron chi connectivity index (χ1n) is 9.03. The molecule has 2 aromatic rings. The zero-order chi connectivity index (χ0) is 17.1. The average molecular weight is 339 g/mol. The highest BCUT2D eigenvalue weighted by Crippen LogP contribution is 2.31. The summed E-state index contributed by atoms with van der Waals surface area (Å²) in [6, 6.07) is 8.11. The van der Waals surface area contributed by atoms with Gasteiger partial charge in [-0.3, -0.25) is 9.88 Å². The van der Waals surface area contributed by atoms with E-state index in [1.54, 1.807) is 0 Å². The fourth-order valence-corrected chi connectivity index (χ4v) is 3.81. The molecule has 25 heavy (non-hydrogen) atoms.